The second-order valence-electron chi connectivity index (χ2n) is 4.75. The normalized spacial score (nSPS) is 11.8. The maximum atomic E-state index is 5.52. The van der Waals surface area contributed by atoms with Crippen LogP contribution in [0.15, 0.2) is 23.8 Å². The molecule has 0 aliphatic rings. The molecule has 0 atom stereocenters. The van der Waals surface area contributed by atoms with Gasteiger partial charge in [0.15, 0.2) is 11.5 Å². The largest absolute Gasteiger partial charge is 0.493 e. The Labute approximate surface area is 116 Å². The van der Waals surface area contributed by atoms with Crippen LogP contribution in [0.5, 0.6) is 11.5 Å². The molecule has 0 saturated carbocycles. The molecule has 0 saturated heterocycles. The first kappa shape index (κ1) is 15.6. The van der Waals surface area contributed by atoms with Gasteiger partial charge in [0.1, 0.15) is 0 Å². The summed E-state index contributed by atoms with van der Waals surface area (Å²) in [5.41, 5.74) is 2.51. The molecule has 106 valence electrons. The standard InChI is InChI=1S/C16H25NO2/c1-6-19-15-8-7-13(10-16(15)18-5)9-14(11-17-4)12(2)3/h7-10,12,17H,6,11H2,1-5H3. The lowest BCUT2D eigenvalue weighted by molar-refractivity contribution is 0.311. The second kappa shape index (κ2) is 7.85. The minimum atomic E-state index is 0.519. The fourth-order valence-electron chi connectivity index (χ4n) is 1.89. The van der Waals surface area contributed by atoms with E-state index in [-0.39, 0.29) is 0 Å². The topological polar surface area (TPSA) is 30.5 Å². The maximum Gasteiger partial charge on any atom is 0.161 e. The second-order valence-corrected chi connectivity index (χ2v) is 4.75. The smallest absolute Gasteiger partial charge is 0.161 e. The van der Waals surface area contributed by atoms with Gasteiger partial charge in [-0.1, -0.05) is 31.6 Å². The third-order valence-electron chi connectivity index (χ3n) is 2.96. The van der Waals surface area contributed by atoms with Crippen LogP contribution in [0.25, 0.3) is 6.08 Å². The van der Waals surface area contributed by atoms with Gasteiger partial charge < -0.3 is 14.8 Å². The van der Waals surface area contributed by atoms with Gasteiger partial charge in [0, 0.05) is 6.54 Å². The molecule has 1 aromatic carbocycles. The average Bonchev–Trinajstić information content (AvgIpc) is 2.40. The molecular weight excluding hydrogens is 238 g/mol. The molecule has 0 bridgehead atoms. The highest BCUT2D eigenvalue weighted by Gasteiger charge is 2.06. The number of hydrogen-bond donors (Lipinski definition) is 1. The molecule has 1 rings (SSSR count). The SMILES string of the molecule is CCOc1ccc(C=C(CNC)C(C)C)cc1OC. The number of ether oxygens (including phenoxy) is 2. The summed E-state index contributed by atoms with van der Waals surface area (Å²) in [6, 6.07) is 6.04. The van der Waals surface area contributed by atoms with Crippen molar-refractivity contribution in [2.75, 3.05) is 27.3 Å². The summed E-state index contributed by atoms with van der Waals surface area (Å²) in [7, 11) is 3.64. The van der Waals surface area contributed by atoms with Crippen molar-refractivity contribution in [2.24, 2.45) is 5.92 Å². The van der Waals surface area contributed by atoms with Crippen molar-refractivity contribution in [2.45, 2.75) is 20.8 Å². The Balaban J connectivity index is 3.03. The number of benzene rings is 1. The van der Waals surface area contributed by atoms with E-state index in [4.69, 9.17) is 9.47 Å². The average molecular weight is 263 g/mol. The Hall–Kier alpha value is -1.48. The summed E-state index contributed by atoms with van der Waals surface area (Å²) in [6.07, 6.45) is 2.21. The molecule has 0 heterocycles. The molecule has 0 unspecified atom stereocenters. The van der Waals surface area contributed by atoms with E-state index in [0.29, 0.717) is 12.5 Å². The molecule has 1 N–H and O–H groups in total. The van der Waals surface area contributed by atoms with E-state index in [2.05, 4.69) is 31.3 Å². The fourth-order valence-corrected chi connectivity index (χ4v) is 1.89. The first-order valence-electron chi connectivity index (χ1n) is 6.78. The number of likely N-dealkylation sites (N-methyl/N-ethyl adjacent to an activating group) is 1. The van der Waals surface area contributed by atoms with Crippen LogP contribution in [0, 0.1) is 5.92 Å². The van der Waals surface area contributed by atoms with Crippen molar-refractivity contribution in [3.05, 3.63) is 29.3 Å². The third kappa shape index (κ3) is 4.60. The van der Waals surface area contributed by atoms with Gasteiger partial charge in [-0.2, -0.15) is 0 Å². The minimum absolute atomic E-state index is 0.519. The summed E-state index contributed by atoms with van der Waals surface area (Å²) in [6.45, 7) is 7.91. The van der Waals surface area contributed by atoms with Crippen LogP contribution in [0.2, 0.25) is 0 Å². The van der Waals surface area contributed by atoms with Crippen LogP contribution in [-0.2, 0) is 0 Å². The van der Waals surface area contributed by atoms with Gasteiger partial charge in [-0.05, 0) is 37.6 Å². The molecule has 3 heteroatoms. The molecular formula is C16H25NO2. The Kier molecular flexibility index (Phi) is 6.43. The molecule has 0 radical (unpaired) electrons. The Morgan fingerprint density at radius 1 is 1.32 bits per heavy atom. The molecule has 0 aliphatic carbocycles. The molecule has 1 aromatic rings. The van der Waals surface area contributed by atoms with Crippen LogP contribution in [-0.4, -0.2) is 27.3 Å². The summed E-state index contributed by atoms with van der Waals surface area (Å²) in [5, 5.41) is 3.21. The molecule has 0 amide bonds. The van der Waals surface area contributed by atoms with Gasteiger partial charge in [0.25, 0.3) is 0 Å². The van der Waals surface area contributed by atoms with E-state index in [1.165, 1.54) is 5.57 Å². The quantitative estimate of drug-likeness (QED) is 0.818. The lowest BCUT2D eigenvalue weighted by atomic mass is 10.00. The van der Waals surface area contributed by atoms with Crippen LogP contribution < -0.4 is 14.8 Å². The highest BCUT2D eigenvalue weighted by molar-refractivity contribution is 5.58. The van der Waals surface area contributed by atoms with Crippen molar-refractivity contribution < 1.29 is 9.47 Å². The van der Waals surface area contributed by atoms with Crippen LogP contribution in [0.1, 0.15) is 26.3 Å². The van der Waals surface area contributed by atoms with E-state index in [9.17, 15) is 0 Å². The van der Waals surface area contributed by atoms with E-state index in [0.717, 1.165) is 23.6 Å². The Morgan fingerprint density at radius 2 is 2.05 bits per heavy atom. The zero-order chi connectivity index (χ0) is 14.3. The van der Waals surface area contributed by atoms with Crippen LogP contribution >= 0.6 is 0 Å². The number of nitrogens with one attached hydrogen (secondary N) is 1. The van der Waals surface area contributed by atoms with Gasteiger partial charge >= 0.3 is 0 Å². The zero-order valence-electron chi connectivity index (χ0n) is 12.6. The number of hydrogen-bond acceptors (Lipinski definition) is 3. The molecule has 0 aliphatic heterocycles. The van der Waals surface area contributed by atoms with Crippen molar-refractivity contribution in [1.29, 1.82) is 0 Å². The first-order chi connectivity index (χ1) is 9.12. The monoisotopic (exact) mass is 263 g/mol. The minimum Gasteiger partial charge on any atom is -0.493 e. The fraction of sp³-hybridized carbons (Fsp3) is 0.500. The molecule has 0 spiro atoms. The number of methoxy groups -OCH3 is 1. The van der Waals surface area contributed by atoms with Crippen molar-refractivity contribution in [3.8, 4) is 11.5 Å². The maximum absolute atomic E-state index is 5.52. The predicted octanol–water partition coefficient (Wildman–Crippen LogP) is 3.35. The van der Waals surface area contributed by atoms with Crippen molar-refractivity contribution >= 4 is 6.08 Å². The number of rotatable bonds is 7. The third-order valence-corrected chi connectivity index (χ3v) is 2.96. The summed E-state index contributed by atoms with van der Waals surface area (Å²) in [5.74, 6) is 2.09. The van der Waals surface area contributed by atoms with Gasteiger partial charge in [0.05, 0.1) is 13.7 Å². The van der Waals surface area contributed by atoms with Crippen LogP contribution in [0.3, 0.4) is 0 Å². The van der Waals surface area contributed by atoms with Crippen molar-refractivity contribution in [3.63, 3.8) is 0 Å². The van der Waals surface area contributed by atoms with Gasteiger partial charge in [-0.3, -0.25) is 0 Å². The highest BCUT2D eigenvalue weighted by atomic mass is 16.5. The van der Waals surface area contributed by atoms with E-state index >= 15 is 0 Å². The molecule has 0 aromatic heterocycles. The summed E-state index contributed by atoms with van der Waals surface area (Å²) in [4.78, 5) is 0. The van der Waals surface area contributed by atoms with Gasteiger partial charge in [-0.25, -0.2) is 0 Å². The van der Waals surface area contributed by atoms with E-state index in [1.807, 2.05) is 26.1 Å². The predicted molar refractivity (Wildman–Crippen MR) is 80.9 cm³/mol. The van der Waals surface area contributed by atoms with Crippen molar-refractivity contribution in [1.82, 2.24) is 5.32 Å². The summed E-state index contributed by atoms with van der Waals surface area (Å²) < 4.78 is 10.9. The van der Waals surface area contributed by atoms with Gasteiger partial charge in [0.2, 0.25) is 0 Å². The lowest BCUT2D eigenvalue weighted by Gasteiger charge is -2.13. The molecule has 19 heavy (non-hydrogen) atoms. The Bertz CT molecular complexity index is 425. The van der Waals surface area contributed by atoms with E-state index in [1.54, 1.807) is 7.11 Å². The molecule has 0 fully saturated rings. The highest BCUT2D eigenvalue weighted by Crippen LogP contribution is 2.29. The zero-order valence-corrected chi connectivity index (χ0v) is 12.6. The van der Waals surface area contributed by atoms with E-state index < -0.39 is 0 Å². The van der Waals surface area contributed by atoms with Gasteiger partial charge in [-0.15, -0.1) is 0 Å². The summed E-state index contributed by atoms with van der Waals surface area (Å²) >= 11 is 0. The molecule has 3 nitrogen and oxygen atoms in total. The Morgan fingerprint density at radius 3 is 2.58 bits per heavy atom. The lowest BCUT2D eigenvalue weighted by Crippen LogP contribution is -2.13. The first-order valence-corrected chi connectivity index (χ1v) is 6.78. The van der Waals surface area contributed by atoms with Crippen LogP contribution in [0.4, 0.5) is 0 Å².